The average Bonchev–Trinajstić information content (AvgIpc) is 3.31. The van der Waals surface area contributed by atoms with Crippen LogP contribution in [0.4, 0.5) is 13.2 Å². The minimum atomic E-state index is -4.54. The van der Waals surface area contributed by atoms with Crippen molar-refractivity contribution in [1.29, 1.82) is 0 Å². The van der Waals surface area contributed by atoms with Gasteiger partial charge in [0.1, 0.15) is 0 Å². The van der Waals surface area contributed by atoms with Gasteiger partial charge in [0, 0.05) is 43.1 Å². The molecule has 2 amide bonds. The fourth-order valence-electron chi connectivity index (χ4n) is 5.01. The Hall–Kier alpha value is -2.98. The third kappa shape index (κ3) is 6.18. The smallest absolute Gasteiger partial charge is 0.385 e. The second kappa shape index (κ2) is 10.3. The van der Waals surface area contributed by atoms with Gasteiger partial charge in [-0.2, -0.15) is 13.2 Å². The van der Waals surface area contributed by atoms with Gasteiger partial charge in [0.25, 0.3) is 5.91 Å². The van der Waals surface area contributed by atoms with E-state index in [9.17, 15) is 27.9 Å². The van der Waals surface area contributed by atoms with Crippen molar-refractivity contribution in [3.8, 4) is 0 Å². The largest absolute Gasteiger partial charge is 0.416 e. The summed E-state index contributed by atoms with van der Waals surface area (Å²) in [6.45, 7) is 1.21. The molecular weight excluding hydrogens is 461 g/mol. The number of likely N-dealkylation sites (tertiary alicyclic amines) is 1. The highest BCUT2D eigenvalue weighted by Crippen LogP contribution is 2.39. The summed E-state index contributed by atoms with van der Waals surface area (Å²) in [6.07, 6.45) is 2.65. The summed E-state index contributed by atoms with van der Waals surface area (Å²) in [7, 11) is 0. The Morgan fingerprint density at radius 3 is 2.51 bits per heavy atom. The Morgan fingerprint density at radius 2 is 1.83 bits per heavy atom. The van der Waals surface area contributed by atoms with Gasteiger partial charge in [-0.15, -0.1) is 0 Å². The zero-order chi connectivity index (χ0) is 25.1. The summed E-state index contributed by atoms with van der Waals surface area (Å²) in [5.41, 5.74) is -0.999. The van der Waals surface area contributed by atoms with E-state index in [1.165, 1.54) is 6.07 Å². The monoisotopic (exact) mass is 490 g/mol. The molecule has 0 unspecified atom stereocenters. The van der Waals surface area contributed by atoms with E-state index in [4.69, 9.17) is 0 Å². The van der Waals surface area contributed by atoms with E-state index < -0.39 is 23.2 Å². The number of carbonyl (C=O) groups excluding carboxylic acids is 2. The molecule has 35 heavy (non-hydrogen) atoms. The van der Waals surface area contributed by atoms with Crippen LogP contribution in [0.3, 0.4) is 0 Å². The highest BCUT2D eigenvalue weighted by Gasteiger charge is 2.38. The number of hydrogen-bond acceptors (Lipinski definition) is 5. The topological polar surface area (TPSA) is 94.6 Å². The van der Waals surface area contributed by atoms with Crippen molar-refractivity contribution in [3.63, 3.8) is 0 Å². The van der Waals surface area contributed by atoms with Crippen molar-refractivity contribution in [1.82, 2.24) is 20.5 Å². The van der Waals surface area contributed by atoms with Gasteiger partial charge < -0.3 is 15.7 Å². The van der Waals surface area contributed by atoms with Crippen LogP contribution in [0, 0.1) is 0 Å². The lowest BCUT2D eigenvalue weighted by Crippen LogP contribution is -2.45. The predicted octanol–water partition coefficient (Wildman–Crippen LogP) is 2.85. The van der Waals surface area contributed by atoms with Crippen molar-refractivity contribution in [3.05, 3.63) is 65.5 Å². The summed E-state index contributed by atoms with van der Waals surface area (Å²) in [4.78, 5) is 30.9. The number of carbonyl (C=O) groups is 2. The number of halogens is 3. The lowest BCUT2D eigenvalue weighted by atomic mass is 9.77. The van der Waals surface area contributed by atoms with Crippen LogP contribution in [0.1, 0.15) is 53.6 Å². The molecule has 2 heterocycles. The number of aliphatic hydroxyl groups is 1. The molecular formula is C25H29F3N4O3. The average molecular weight is 491 g/mol. The normalized spacial score (nSPS) is 25.3. The molecule has 0 bridgehead atoms. The van der Waals surface area contributed by atoms with Crippen LogP contribution in [-0.4, -0.2) is 58.5 Å². The van der Waals surface area contributed by atoms with Gasteiger partial charge in [0.15, 0.2) is 0 Å². The number of nitrogens with one attached hydrogen (secondary N) is 2. The van der Waals surface area contributed by atoms with E-state index in [1.54, 1.807) is 12.4 Å². The number of pyridine rings is 1. The number of amides is 2. The van der Waals surface area contributed by atoms with Crippen LogP contribution in [-0.2, 0) is 16.6 Å². The Labute approximate surface area is 201 Å². The van der Waals surface area contributed by atoms with Gasteiger partial charge >= 0.3 is 6.18 Å². The first-order chi connectivity index (χ1) is 16.6. The van der Waals surface area contributed by atoms with E-state index >= 15 is 0 Å². The molecule has 1 aromatic carbocycles. The van der Waals surface area contributed by atoms with Crippen LogP contribution >= 0.6 is 0 Å². The van der Waals surface area contributed by atoms with Gasteiger partial charge in [-0.3, -0.25) is 19.5 Å². The van der Waals surface area contributed by atoms with Gasteiger partial charge in [-0.05, 0) is 68.0 Å². The Kier molecular flexibility index (Phi) is 7.42. The van der Waals surface area contributed by atoms with Gasteiger partial charge in [0.2, 0.25) is 5.91 Å². The van der Waals surface area contributed by atoms with Crippen LogP contribution < -0.4 is 10.6 Å². The van der Waals surface area contributed by atoms with Crippen molar-refractivity contribution >= 4 is 11.8 Å². The number of nitrogens with zero attached hydrogens (tertiary/aromatic N) is 2. The van der Waals surface area contributed by atoms with E-state index in [-0.39, 0.29) is 24.1 Å². The van der Waals surface area contributed by atoms with Crippen LogP contribution in [0.25, 0.3) is 0 Å². The SMILES string of the molecule is O=C(CNC(=O)c1cccc(C(F)(F)F)c1)N[C@@H]1CCN(C2CCC(O)(c3ccncc3)CC2)C1. The van der Waals surface area contributed by atoms with Gasteiger partial charge in [0.05, 0.1) is 17.7 Å². The van der Waals surface area contributed by atoms with Gasteiger partial charge in [-0.1, -0.05) is 6.07 Å². The minimum Gasteiger partial charge on any atom is -0.385 e. The molecule has 1 aliphatic heterocycles. The molecule has 4 rings (SSSR count). The molecule has 1 aromatic heterocycles. The molecule has 3 N–H and O–H groups in total. The third-order valence-electron chi connectivity index (χ3n) is 6.96. The first-order valence-corrected chi connectivity index (χ1v) is 11.8. The van der Waals surface area contributed by atoms with E-state index in [1.807, 2.05) is 12.1 Å². The molecule has 10 heteroatoms. The quantitative estimate of drug-likeness (QED) is 0.579. The zero-order valence-electron chi connectivity index (χ0n) is 19.2. The zero-order valence-corrected chi connectivity index (χ0v) is 19.2. The van der Waals surface area contributed by atoms with E-state index in [2.05, 4.69) is 20.5 Å². The number of hydrogen-bond donors (Lipinski definition) is 3. The third-order valence-corrected chi connectivity index (χ3v) is 6.96. The molecule has 0 radical (unpaired) electrons. The van der Waals surface area contributed by atoms with Crippen molar-refractivity contribution in [2.75, 3.05) is 19.6 Å². The lowest BCUT2D eigenvalue weighted by Gasteiger charge is -2.39. The summed E-state index contributed by atoms with van der Waals surface area (Å²) in [5, 5.41) is 16.3. The van der Waals surface area contributed by atoms with Crippen LogP contribution in [0.2, 0.25) is 0 Å². The van der Waals surface area contributed by atoms with Crippen molar-refractivity contribution < 1.29 is 27.9 Å². The second-order valence-electron chi connectivity index (χ2n) is 9.31. The molecule has 1 saturated heterocycles. The predicted molar refractivity (Wildman–Crippen MR) is 122 cm³/mol. The molecule has 1 atom stereocenters. The van der Waals surface area contributed by atoms with E-state index in [0.29, 0.717) is 25.4 Å². The second-order valence-corrected chi connectivity index (χ2v) is 9.31. The standard InChI is InChI=1S/C25H29F3N4O3/c26-25(27,28)19-3-1-2-17(14-19)23(34)30-15-22(33)31-20-8-13-32(16-20)21-4-9-24(35,10-5-21)18-6-11-29-12-7-18/h1-3,6-7,11-12,14,20-21,35H,4-5,8-10,13,15-16H2,(H,30,34)(H,31,33)/t20-,21?,24?/m1/s1. The molecule has 1 saturated carbocycles. The maximum absolute atomic E-state index is 12.8. The van der Waals surface area contributed by atoms with Crippen LogP contribution in [0.15, 0.2) is 48.8 Å². The highest BCUT2D eigenvalue weighted by molar-refractivity contribution is 5.96. The fourth-order valence-corrected chi connectivity index (χ4v) is 5.01. The Morgan fingerprint density at radius 1 is 1.11 bits per heavy atom. The summed E-state index contributed by atoms with van der Waals surface area (Å²) < 4.78 is 38.5. The molecule has 1 aliphatic carbocycles. The fraction of sp³-hybridized carbons (Fsp3) is 0.480. The van der Waals surface area contributed by atoms with Crippen molar-refractivity contribution in [2.24, 2.45) is 0 Å². The molecule has 7 nitrogen and oxygen atoms in total. The number of rotatable bonds is 6. The maximum atomic E-state index is 12.8. The first-order valence-electron chi connectivity index (χ1n) is 11.8. The first kappa shape index (κ1) is 25.1. The number of aromatic nitrogens is 1. The van der Waals surface area contributed by atoms with Crippen LogP contribution in [0.5, 0.6) is 0 Å². The number of alkyl halides is 3. The molecule has 2 aliphatic rings. The summed E-state index contributed by atoms with van der Waals surface area (Å²) >= 11 is 0. The molecule has 2 fully saturated rings. The Bertz CT molecular complexity index is 1040. The van der Waals surface area contributed by atoms with E-state index in [0.717, 1.165) is 49.6 Å². The molecule has 0 spiro atoms. The van der Waals surface area contributed by atoms with Gasteiger partial charge in [-0.25, -0.2) is 0 Å². The minimum absolute atomic E-state index is 0.0611. The lowest BCUT2D eigenvalue weighted by molar-refractivity contribution is -0.137. The summed E-state index contributed by atoms with van der Waals surface area (Å²) in [5.74, 6) is -1.11. The molecule has 2 aromatic rings. The Balaban J connectivity index is 1.21. The summed E-state index contributed by atoms with van der Waals surface area (Å²) in [6, 6.07) is 8.07. The molecule has 188 valence electrons. The number of benzene rings is 1. The maximum Gasteiger partial charge on any atom is 0.416 e. The highest BCUT2D eigenvalue weighted by atomic mass is 19.4. The van der Waals surface area contributed by atoms with Crippen molar-refractivity contribution in [2.45, 2.75) is 56.0 Å².